The van der Waals surface area contributed by atoms with E-state index in [4.69, 9.17) is 4.74 Å². The molecule has 0 aromatic rings. The quantitative estimate of drug-likeness (QED) is 0.801. The maximum atomic E-state index is 11.5. The zero-order valence-electron chi connectivity index (χ0n) is 10.3. The molecule has 1 rings (SSSR count). The predicted octanol–water partition coefficient (Wildman–Crippen LogP) is 2.27. The van der Waals surface area contributed by atoms with Crippen molar-refractivity contribution in [1.82, 2.24) is 5.32 Å². The Balaban J connectivity index is 2.38. The lowest BCUT2D eigenvalue weighted by molar-refractivity contribution is -0.119. The first-order valence-electron chi connectivity index (χ1n) is 5.98. The van der Waals surface area contributed by atoms with Crippen LogP contribution in [-0.4, -0.2) is 24.0 Å². The molecule has 0 aromatic heterocycles. The molecule has 1 aliphatic rings. The van der Waals surface area contributed by atoms with Crippen LogP contribution in [0.1, 0.15) is 46.5 Å². The summed E-state index contributed by atoms with van der Waals surface area (Å²) in [5.74, 6) is 0.0620. The molecule has 0 heterocycles. The molecular weight excluding hydrogens is 206 g/mol. The van der Waals surface area contributed by atoms with E-state index in [1.807, 2.05) is 13.8 Å². The Morgan fingerprint density at radius 3 is 2.25 bits per heavy atom. The first-order valence-corrected chi connectivity index (χ1v) is 5.98. The Bertz CT molecular complexity index is 257. The van der Waals surface area contributed by atoms with Crippen molar-refractivity contribution in [2.24, 2.45) is 5.92 Å². The van der Waals surface area contributed by atoms with Gasteiger partial charge in [0.25, 0.3) is 0 Å². The Kier molecular flexibility index (Phi) is 4.77. The molecule has 0 radical (unpaired) electrons. The van der Waals surface area contributed by atoms with Crippen molar-refractivity contribution in [3.05, 3.63) is 0 Å². The molecule has 4 heteroatoms. The molecule has 0 bridgehead atoms. The highest BCUT2D eigenvalue weighted by molar-refractivity contribution is 5.85. The van der Waals surface area contributed by atoms with Gasteiger partial charge in [0.05, 0.1) is 6.04 Å². The maximum Gasteiger partial charge on any atom is 0.407 e. The number of hydrogen-bond acceptors (Lipinski definition) is 3. The summed E-state index contributed by atoms with van der Waals surface area (Å²) < 4.78 is 5.24. The van der Waals surface area contributed by atoms with E-state index in [0.717, 1.165) is 25.7 Å². The van der Waals surface area contributed by atoms with Gasteiger partial charge in [-0.2, -0.15) is 0 Å². The van der Waals surface area contributed by atoms with Crippen LogP contribution in [0.5, 0.6) is 0 Å². The summed E-state index contributed by atoms with van der Waals surface area (Å²) in [4.78, 5) is 22.8. The largest absolute Gasteiger partial charge is 0.446 e. The van der Waals surface area contributed by atoms with Crippen LogP contribution in [0.4, 0.5) is 4.79 Å². The van der Waals surface area contributed by atoms with Crippen molar-refractivity contribution in [2.75, 3.05) is 0 Å². The molecule has 1 amide bonds. The monoisotopic (exact) mass is 227 g/mol. The summed E-state index contributed by atoms with van der Waals surface area (Å²) in [6.45, 7) is 5.30. The van der Waals surface area contributed by atoms with E-state index in [-0.39, 0.29) is 17.8 Å². The van der Waals surface area contributed by atoms with Crippen LogP contribution in [0.3, 0.4) is 0 Å². The highest BCUT2D eigenvalue weighted by Crippen LogP contribution is 2.21. The zero-order chi connectivity index (χ0) is 12.1. The van der Waals surface area contributed by atoms with Crippen LogP contribution in [0, 0.1) is 5.92 Å². The van der Waals surface area contributed by atoms with Gasteiger partial charge in [0.2, 0.25) is 0 Å². The molecule has 0 aliphatic heterocycles. The number of Topliss-reactive ketones (excluding diaryl/α,β-unsaturated/α-hetero) is 1. The molecule has 1 fully saturated rings. The molecule has 1 saturated carbocycles. The van der Waals surface area contributed by atoms with Crippen molar-refractivity contribution >= 4 is 11.9 Å². The van der Waals surface area contributed by atoms with Gasteiger partial charge >= 0.3 is 6.09 Å². The number of ketones is 1. The van der Waals surface area contributed by atoms with Crippen LogP contribution in [0.2, 0.25) is 0 Å². The average Bonchev–Trinajstić information content (AvgIpc) is 2.65. The first-order chi connectivity index (χ1) is 7.50. The lowest BCUT2D eigenvalue weighted by Gasteiger charge is -2.20. The molecule has 0 saturated heterocycles. The topological polar surface area (TPSA) is 55.4 Å². The highest BCUT2D eigenvalue weighted by atomic mass is 16.6. The van der Waals surface area contributed by atoms with Gasteiger partial charge in [-0.25, -0.2) is 4.79 Å². The fourth-order valence-electron chi connectivity index (χ4n) is 2.06. The third kappa shape index (κ3) is 3.83. The van der Waals surface area contributed by atoms with Crippen LogP contribution >= 0.6 is 0 Å². The molecule has 0 unspecified atom stereocenters. The lowest BCUT2D eigenvalue weighted by Crippen LogP contribution is -2.44. The van der Waals surface area contributed by atoms with Gasteiger partial charge in [-0.15, -0.1) is 0 Å². The van der Waals surface area contributed by atoms with E-state index in [1.165, 1.54) is 6.92 Å². The molecule has 0 aromatic carbocycles. The van der Waals surface area contributed by atoms with Crippen molar-refractivity contribution in [2.45, 2.75) is 58.6 Å². The number of carbonyl (C=O) groups excluding carboxylic acids is 2. The van der Waals surface area contributed by atoms with Gasteiger partial charge in [0.1, 0.15) is 6.10 Å². The average molecular weight is 227 g/mol. The van der Waals surface area contributed by atoms with Crippen LogP contribution in [-0.2, 0) is 9.53 Å². The van der Waals surface area contributed by atoms with E-state index >= 15 is 0 Å². The molecule has 92 valence electrons. The van der Waals surface area contributed by atoms with Gasteiger partial charge in [-0.1, -0.05) is 13.8 Å². The van der Waals surface area contributed by atoms with E-state index < -0.39 is 12.1 Å². The van der Waals surface area contributed by atoms with E-state index in [9.17, 15) is 9.59 Å². The van der Waals surface area contributed by atoms with Crippen molar-refractivity contribution in [3.8, 4) is 0 Å². The standard InChI is InChI=1S/C12H21NO3/c1-8(2)11(9(3)14)13-12(15)16-10-6-4-5-7-10/h8,10-11H,4-7H2,1-3H3,(H,13,15)/t11-/m0/s1. The highest BCUT2D eigenvalue weighted by Gasteiger charge is 2.24. The SMILES string of the molecule is CC(=O)[C@@H](NC(=O)OC1CCCC1)C(C)C. The zero-order valence-corrected chi connectivity index (χ0v) is 10.3. The minimum absolute atomic E-state index is 0.0293. The number of carbonyl (C=O) groups is 2. The summed E-state index contributed by atoms with van der Waals surface area (Å²) in [7, 11) is 0. The Labute approximate surface area is 96.7 Å². The molecule has 1 N–H and O–H groups in total. The molecule has 1 atom stereocenters. The van der Waals surface area contributed by atoms with Gasteiger partial charge in [-0.05, 0) is 38.5 Å². The fourth-order valence-corrected chi connectivity index (χ4v) is 2.06. The number of rotatable bonds is 4. The van der Waals surface area contributed by atoms with Gasteiger partial charge in [0, 0.05) is 0 Å². The second-order valence-electron chi connectivity index (χ2n) is 4.79. The second kappa shape index (κ2) is 5.87. The molecule has 4 nitrogen and oxygen atoms in total. The van der Waals surface area contributed by atoms with E-state index in [0.29, 0.717) is 0 Å². The third-order valence-corrected chi connectivity index (χ3v) is 2.95. The molecule has 1 aliphatic carbocycles. The summed E-state index contributed by atoms with van der Waals surface area (Å²) in [5.41, 5.74) is 0. The number of hydrogen-bond donors (Lipinski definition) is 1. The van der Waals surface area contributed by atoms with E-state index in [2.05, 4.69) is 5.32 Å². The summed E-state index contributed by atoms with van der Waals surface area (Å²) in [6.07, 6.45) is 3.72. The number of ether oxygens (including phenoxy) is 1. The first kappa shape index (κ1) is 13.0. The number of amides is 1. The van der Waals surface area contributed by atoms with Crippen LogP contribution in [0.15, 0.2) is 0 Å². The Morgan fingerprint density at radius 2 is 1.81 bits per heavy atom. The Morgan fingerprint density at radius 1 is 1.25 bits per heavy atom. The third-order valence-electron chi connectivity index (χ3n) is 2.95. The minimum atomic E-state index is -0.458. The van der Waals surface area contributed by atoms with Gasteiger partial charge in [0.15, 0.2) is 5.78 Å². The molecular formula is C12H21NO3. The van der Waals surface area contributed by atoms with Crippen molar-refractivity contribution in [1.29, 1.82) is 0 Å². The molecule has 0 spiro atoms. The number of nitrogens with one attached hydrogen (secondary N) is 1. The van der Waals surface area contributed by atoms with Gasteiger partial charge < -0.3 is 10.1 Å². The van der Waals surface area contributed by atoms with Crippen LogP contribution in [0.25, 0.3) is 0 Å². The smallest absolute Gasteiger partial charge is 0.407 e. The van der Waals surface area contributed by atoms with Crippen molar-refractivity contribution < 1.29 is 14.3 Å². The van der Waals surface area contributed by atoms with E-state index in [1.54, 1.807) is 0 Å². The van der Waals surface area contributed by atoms with Gasteiger partial charge in [-0.3, -0.25) is 4.79 Å². The summed E-state index contributed by atoms with van der Waals surface area (Å²) in [6, 6.07) is -0.436. The lowest BCUT2D eigenvalue weighted by atomic mass is 10.0. The maximum absolute atomic E-state index is 11.5. The Hall–Kier alpha value is -1.06. The van der Waals surface area contributed by atoms with Crippen LogP contribution < -0.4 is 5.32 Å². The minimum Gasteiger partial charge on any atom is -0.446 e. The normalized spacial score (nSPS) is 18.5. The molecule has 16 heavy (non-hydrogen) atoms. The number of alkyl carbamates (subject to hydrolysis) is 1. The predicted molar refractivity (Wildman–Crippen MR) is 61.2 cm³/mol. The fraction of sp³-hybridized carbons (Fsp3) is 0.833. The van der Waals surface area contributed by atoms with Crippen molar-refractivity contribution in [3.63, 3.8) is 0 Å². The summed E-state index contributed by atoms with van der Waals surface area (Å²) >= 11 is 0. The summed E-state index contributed by atoms with van der Waals surface area (Å²) in [5, 5.41) is 2.63. The second-order valence-corrected chi connectivity index (χ2v) is 4.79.